The van der Waals surface area contributed by atoms with Gasteiger partial charge in [0.25, 0.3) is 0 Å². The fraction of sp³-hybridized carbons (Fsp3) is 0.500. The van der Waals surface area contributed by atoms with Crippen LogP contribution in [-0.4, -0.2) is 35.4 Å². The van der Waals surface area contributed by atoms with Crippen molar-refractivity contribution in [3.8, 4) is 5.75 Å². The summed E-state index contributed by atoms with van der Waals surface area (Å²) in [7, 11) is 0. The number of carbonyl (C=O) groups is 1. The molecule has 0 amide bonds. The minimum atomic E-state index is -4.72. The van der Waals surface area contributed by atoms with E-state index in [-0.39, 0.29) is 30.7 Å². The van der Waals surface area contributed by atoms with Crippen molar-refractivity contribution in [2.45, 2.75) is 32.7 Å². The summed E-state index contributed by atoms with van der Waals surface area (Å²) < 4.78 is 40.0. The lowest BCUT2D eigenvalue weighted by atomic mass is 10.1. The highest BCUT2D eigenvalue weighted by molar-refractivity contribution is 5.85. The third-order valence-electron chi connectivity index (χ3n) is 2.99. The van der Waals surface area contributed by atoms with E-state index in [9.17, 15) is 18.0 Å². The molecule has 1 N–H and O–H groups in total. The van der Waals surface area contributed by atoms with Crippen LogP contribution in [0.5, 0.6) is 5.75 Å². The van der Waals surface area contributed by atoms with Gasteiger partial charge in [0.05, 0.1) is 6.54 Å². The molecule has 0 bridgehead atoms. The van der Waals surface area contributed by atoms with Gasteiger partial charge in [-0.05, 0) is 37.6 Å². The lowest BCUT2D eigenvalue weighted by Crippen LogP contribution is -2.33. The summed E-state index contributed by atoms with van der Waals surface area (Å²) in [6.45, 7) is 4.23. The van der Waals surface area contributed by atoms with E-state index in [1.165, 1.54) is 24.3 Å². The molecule has 0 saturated carbocycles. The summed E-state index contributed by atoms with van der Waals surface area (Å²) in [6, 6.07) is 5.27. The molecule has 0 saturated heterocycles. The van der Waals surface area contributed by atoms with Crippen molar-refractivity contribution < 1.29 is 27.8 Å². The van der Waals surface area contributed by atoms with E-state index < -0.39 is 12.3 Å². The Bertz CT molecular complexity index is 465. The highest BCUT2D eigenvalue weighted by atomic mass is 35.5. The van der Waals surface area contributed by atoms with E-state index in [0.717, 1.165) is 12.0 Å². The van der Waals surface area contributed by atoms with Crippen LogP contribution >= 0.6 is 12.4 Å². The molecule has 0 radical (unpaired) electrons. The predicted octanol–water partition coefficient (Wildman–Crippen LogP) is 3.86. The van der Waals surface area contributed by atoms with Gasteiger partial charge in [-0.1, -0.05) is 19.1 Å². The first-order valence-corrected chi connectivity index (χ1v) is 6.54. The Kier molecular flexibility index (Phi) is 8.26. The van der Waals surface area contributed by atoms with Gasteiger partial charge in [-0.2, -0.15) is 0 Å². The number of carboxylic acid groups (broad SMARTS) is 1. The monoisotopic (exact) mass is 341 g/mol. The van der Waals surface area contributed by atoms with Crippen molar-refractivity contribution in [2.24, 2.45) is 0 Å². The fourth-order valence-electron chi connectivity index (χ4n) is 2.03. The molecule has 0 fully saturated rings. The molecule has 1 rings (SSSR count). The average molecular weight is 342 g/mol. The molecule has 4 nitrogen and oxygen atoms in total. The van der Waals surface area contributed by atoms with Crippen LogP contribution in [0.25, 0.3) is 0 Å². The Morgan fingerprint density at radius 3 is 2.27 bits per heavy atom. The summed E-state index contributed by atoms with van der Waals surface area (Å²) in [4.78, 5) is 12.6. The summed E-state index contributed by atoms with van der Waals surface area (Å²) >= 11 is 0. The van der Waals surface area contributed by atoms with Gasteiger partial charge >= 0.3 is 12.3 Å². The molecule has 0 aliphatic heterocycles. The van der Waals surface area contributed by atoms with Gasteiger partial charge in [0.2, 0.25) is 0 Å². The van der Waals surface area contributed by atoms with Crippen LogP contribution in [0.2, 0.25) is 0 Å². The van der Waals surface area contributed by atoms with Gasteiger partial charge < -0.3 is 9.84 Å². The SMILES string of the molecule is CCCN(CC(=O)O)C(C)c1ccc(OC(F)(F)F)cc1.Cl. The van der Waals surface area contributed by atoms with Crippen LogP contribution in [0.1, 0.15) is 31.9 Å². The van der Waals surface area contributed by atoms with Crippen LogP contribution in [-0.2, 0) is 4.79 Å². The first-order valence-electron chi connectivity index (χ1n) is 6.54. The zero-order valence-electron chi connectivity index (χ0n) is 12.3. The van der Waals surface area contributed by atoms with Gasteiger partial charge in [-0.25, -0.2) is 0 Å². The Morgan fingerprint density at radius 2 is 1.86 bits per heavy atom. The van der Waals surface area contributed by atoms with Crippen molar-refractivity contribution in [2.75, 3.05) is 13.1 Å². The van der Waals surface area contributed by atoms with Crippen molar-refractivity contribution in [1.29, 1.82) is 0 Å². The second-order valence-electron chi connectivity index (χ2n) is 4.66. The molecule has 0 aliphatic rings. The maximum Gasteiger partial charge on any atom is 0.573 e. The minimum absolute atomic E-state index is 0. The quantitative estimate of drug-likeness (QED) is 0.818. The number of halogens is 4. The zero-order valence-corrected chi connectivity index (χ0v) is 13.1. The molecule has 1 aromatic rings. The molecule has 22 heavy (non-hydrogen) atoms. The van der Waals surface area contributed by atoms with Gasteiger partial charge in [0.15, 0.2) is 0 Å². The number of alkyl halides is 3. The standard InChI is InChI=1S/C14H18F3NO3.ClH/c1-3-8-18(9-13(19)20)10(2)11-4-6-12(7-5-11)21-14(15,16)17;/h4-7,10H,3,8-9H2,1-2H3,(H,19,20);1H. The highest BCUT2D eigenvalue weighted by Gasteiger charge is 2.31. The number of aliphatic carboxylic acids is 1. The minimum Gasteiger partial charge on any atom is -0.480 e. The predicted molar refractivity (Wildman–Crippen MR) is 78.3 cm³/mol. The molecular weight excluding hydrogens is 323 g/mol. The van der Waals surface area contributed by atoms with E-state index in [2.05, 4.69) is 4.74 Å². The number of benzene rings is 1. The third kappa shape index (κ3) is 7.00. The first-order chi connectivity index (χ1) is 9.73. The molecular formula is C14H19ClF3NO3. The summed E-state index contributed by atoms with van der Waals surface area (Å²) in [5.74, 6) is -1.23. The number of nitrogens with zero attached hydrogens (tertiary/aromatic N) is 1. The Morgan fingerprint density at radius 1 is 1.32 bits per heavy atom. The molecule has 0 aliphatic carbocycles. The highest BCUT2D eigenvalue weighted by Crippen LogP contribution is 2.26. The molecule has 1 atom stereocenters. The van der Waals surface area contributed by atoms with Crippen molar-refractivity contribution >= 4 is 18.4 Å². The van der Waals surface area contributed by atoms with E-state index >= 15 is 0 Å². The maximum atomic E-state index is 12.1. The summed E-state index contributed by atoms with van der Waals surface area (Å²) in [5.41, 5.74) is 0.735. The van der Waals surface area contributed by atoms with Gasteiger partial charge in [0.1, 0.15) is 5.75 Å². The Labute approximate surface area is 133 Å². The fourth-order valence-corrected chi connectivity index (χ4v) is 2.03. The molecule has 0 heterocycles. The second kappa shape index (κ2) is 8.85. The zero-order chi connectivity index (χ0) is 16.0. The number of carboxylic acids is 1. The molecule has 1 unspecified atom stereocenters. The van der Waals surface area contributed by atoms with Crippen molar-refractivity contribution in [3.63, 3.8) is 0 Å². The topological polar surface area (TPSA) is 49.8 Å². The van der Waals surface area contributed by atoms with Gasteiger partial charge in [0, 0.05) is 6.04 Å². The van der Waals surface area contributed by atoms with Crippen LogP contribution in [0.3, 0.4) is 0 Å². The van der Waals surface area contributed by atoms with Crippen molar-refractivity contribution in [1.82, 2.24) is 4.90 Å². The Hall–Kier alpha value is -1.47. The van der Waals surface area contributed by atoms with Gasteiger partial charge in [-0.3, -0.25) is 9.69 Å². The molecule has 0 spiro atoms. The third-order valence-corrected chi connectivity index (χ3v) is 2.99. The summed E-state index contributed by atoms with van der Waals surface area (Å²) in [5, 5.41) is 8.89. The number of hydrogen-bond acceptors (Lipinski definition) is 3. The lowest BCUT2D eigenvalue weighted by Gasteiger charge is -2.27. The Balaban J connectivity index is 0.00000441. The largest absolute Gasteiger partial charge is 0.573 e. The molecule has 1 aromatic carbocycles. The second-order valence-corrected chi connectivity index (χ2v) is 4.66. The first kappa shape index (κ1) is 20.5. The van der Waals surface area contributed by atoms with Crippen LogP contribution in [0.4, 0.5) is 13.2 Å². The molecule has 0 aromatic heterocycles. The van der Waals surface area contributed by atoms with Crippen LogP contribution in [0.15, 0.2) is 24.3 Å². The number of hydrogen-bond donors (Lipinski definition) is 1. The van der Waals surface area contributed by atoms with Crippen molar-refractivity contribution in [3.05, 3.63) is 29.8 Å². The number of ether oxygens (including phenoxy) is 1. The van der Waals surface area contributed by atoms with E-state index in [4.69, 9.17) is 5.11 Å². The van der Waals surface area contributed by atoms with E-state index in [1.807, 2.05) is 13.8 Å². The maximum absolute atomic E-state index is 12.1. The van der Waals surface area contributed by atoms with Crippen LogP contribution in [0, 0.1) is 0 Å². The average Bonchev–Trinajstić information content (AvgIpc) is 2.36. The van der Waals surface area contributed by atoms with E-state index in [1.54, 1.807) is 4.90 Å². The van der Waals surface area contributed by atoms with E-state index in [0.29, 0.717) is 6.54 Å². The van der Waals surface area contributed by atoms with Crippen LogP contribution < -0.4 is 4.74 Å². The molecule has 8 heteroatoms. The molecule has 126 valence electrons. The normalized spacial score (nSPS) is 12.6. The van der Waals surface area contributed by atoms with Gasteiger partial charge in [-0.15, -0.1) is 25.6 Å². The lowest BCUT2D eigenvalue weighted by molar-refractivity contribution is -0.274. The smallest absolute Gasteiger partial charge is 0.480 e. The number of rotatable bonds is 7. The summed E-state index contributed by atoms with van der Waals surface area (Å²) in [6.07, 6.45) is -3.93.